The number of carbonyl (C=O) groups is 1. The lowest BCUT2D eigenvalue weighted by Gasteiger charge is -2.31. The van der Waals surface area contributed by atoms with Crippen molar-refractivity contribution in [2.24, 2.45) is 0 Å². The number of likely N-dealkylation sites (tertiary alicyclic amines) is 2. The Morgan fingerprint density at radius 2 is 1.14 bits per heavy atom. The van der Waals surface area contributed by atoms with E-state index in [1.165, 1.54) is 31.2 Å². The zero-order valence-corrected chi connectivity index (χ0v) is 41.2. The van der Waals surface area contributed by atoms with Crippen LogP contribution < -0.4 is 11.1 Å². The van der Waals surface area contributed by atoms with Gasteiger partial charge in [-0.25, -0.2) is 18.7 Å². The quantitative estimate of drug-likeness (QED) is 0.0757. The van der Waals surface area contributed by atoms with E-state index in [2.05, 4.69) is 20.1 Å². The first-order valence-corrected chi connectivity index (χ1v) is 25.9. The minimum absolute atomic E-state index is 0.00512. The fourth-order valence-corrected chi connectivity index (χ4v) is 10.9. The number of hydrogen-bond donors (Lipinski definition) is 0. The molecular formula is C51H62F2N8O8S. The van der Waals surface area contributed by atoms with Crippen molar-refractivity contribution in [3.8, 4) is 0 Å². The number of thioether (sulfide) groups is 1. The van der Waals surface area contributed by atoms with E-state index < -0.39 is 5.97 Å². The van der Waals surface area contributed by atoms with Gasteiger partial charge in [-0.05, 0) is 135 Å². The van der Waals surface area contributed by atoms with Crippen molar-refractivity contribution in [3.05, 3.63) is 114 Å². The lowest BCUT2D eigenvalue weighted by atomic mass is 9.91. The number of ether oxygens (including phenoxy) is 3. The van der Waals surface area contributed by atoms with Crippen LogP contribution in [-0.4, -0.2) is 103 Å². The summed E-state index contributed by atoms with van der Waals surface area (Å²) in [4.78, 5) is 51.9. The Bertz CT molecular complexity index is 2920. The highest BCUT2D eigenvalue weighted by atomic mass is 32.2. The van der Waals surface area contributed by atoms with Gasteiger partial charge in [-0.15, -0.1) is 11.8 Å². The molecule has 10 rings (SSSR count). The van der Waals surface area contributed by atoms with Crippen LogP contribution in [-0.2, 0) is 44.9 Å². The van der Waals surface area contributed by atoms with Gasteiger partial charge in [0.05, 0.1) is 17.3 Å². The number of rotatable bonds is 14. The van der Waals surface area contributed by atoms with Gasteiger partial charge < -0.3 is 33.1 Å². The van der Waals surface area contributed by atoms with E-state index in [1.54, 1.807) is 28.5 Å². The Kier molecular flexibility index (Phi) is 15.9. The molecule has 0 N–H and O–H groups in total. The second kappa shape index (κ2) is 22.4. The van der Waals surface area contributed by atoms with Crippen LogP contribution in [0.2, 0.25) is 0 Å². The molecule has 0 saturated carbocycles. The highest BCUT2D eigenvalue weighted by Gasteiger charge is 2.30. The molecule has 4 aliphatic heterocycles. The van der Waals surface area contributed by atoms with Gasteiger partial charge in [-0.3, -0.25) is 23.5 Å². The zero-order valence-electron chi connectivity index (χ0n) is 40.4. The van der Waals surface area contributed by atoms with Crippen LogP contribution in [0.1, 0.15) is 128 Å². The van der Waals surface area contributed by atoms with E-state index in [9.17, 15) is 23.2 Å². The van der Waals surface area contributed by atoms with E-state index in [0.717, 1.165) is 141 Å². The molecule has 0 radical (unpaired) electrons. The topological polar surface area (TPSA) is 173 Å². The molecule has 2 unspecified atom stereocenters. The fraction of sp³-hybridized carbons (Fsp3) is 0.549. The number of piperidine rings is 2. The molecule has 0 amide bonds. The van der Waals surface area contributed by atoms with E-state index >= 15 is 0 Å². The van der Waals surface area contributed by atoms with E-state index in [0.29, 0.717) is 54.8 Å². The van der Waals surface area contributed by atoms with Gasteiger partial charge >= 0.3 is 5.97 Å². The Balaban J connectivity index is 0.000000174. The molecule has 6 aromatic rings. The molecule has 374 valence electrons. The van der Waals surface area contributed by atoms with Crippen molar-refractivity contribution in [1.82, 2.24) is 39.2 Å². The van der Waals surface area contributed by atoms with Gasteiger partial charge in [0.1, 0.15) is 35.5 Å². The summed E-state index contributed by atoms with van der Waals surface area (Å²) in [5, 5.41) is 10.3. The number of fused-ring (bicyclic) bond motifs is 4. The average Bonchev–Trinajstić information content (AvgIpc) is 3.98. The predicted octanol–water partition coefficient (Wildman–Crippen LogP) is 8.05. The van der Waals surface area contributed by atoms with Gasteiger partial charge in [-0.1, -0.05) is 10.3 Å². The van der Waals surface area contributed by atoms with Crippen molar-refractivity contribution in [2.75, 3.05) is 58.3 Å². The third-order valence-electron chi connectivity index (χ3n) is 14.4. The summed E-state index contributed by atoms with van der Waals surface area (Å²) >= 11 is 1.64. The second-order valence-corrected chi connectivity index (χ2v) is 19.7. The summed E-state index contributed by atoms with van der Waals surface area (Å²) in [6.45, 7) is 11.6. The third-order valence-corrected chi connectivity index (χ3v) is 14.8. The Hall–Kier alpha value is -5.34. The highest BCUT2D eigenvalue weighted by Crippen LogP contribution is 2.35. The van der Waals surface area contributed by atoms with E-state index in [1.807, 2.05) is 24.7 Å². The molecule has 2 saturated heterocycles. The van der Waals surface area contributed by atoms with E-state index in [4.69, 9.17) is 33.2 Å². The molecule has 19 heteroatoms. The normalized spacial score (nSPS) is 19.2. The van der Waals surface area contributed by atoms with Crippen LogP contribution >= 0.6 is 11.8 Å². The molecule has 0 bridgehead atoms. The maximum atomic E-state index is 13.5. The number of nitrogens with zero attached hydrogens (tertiary/aromatic N) is 8. The molecule has 0 spiro atoms. The first-order valence-electron chi connectivity index (χ1n) is 24.6. The number of aromatic nitrogens is 6. The van der Waals surface area contributed by atoms with Gasteiger partial charge in [0, 0.05) is 90.4 Å². The summed E-state index contributed by atoms with van der Waals surface area (Å²) in [5.41, 5.74) is 6.04. The second-order valence-electron chi connectivity index (χ2n) is 18.9. The first-order chi connectivity index (χ1) is 33.9. The minimum Gasteiger partial charge on any atom is -0.439 e. The summed E-state index contributed by atoms with van der Waals surface area (Å²) < 4.78 is 57.7. The van der Waals surface area contributed by atoms with Crippen LogP contribution in [0.15, 0.2) is 55.0 Å². The van der Waals surface area contributed by atoms with Gasteiger partial charge in [-0.2, -0.15) is 0 Å². The van der Waals surface area contributed by atoms with Gasteiger partial charge in [0.15, 0.2) is 18.0 Å². The maximum Gasteiger partial charge on any atom is 0.304 e. The number of carbonyl (C=O) groups excluding carboxylic acids is 1. The first kappa shape index (κ1) is 49.6. The fourth-order valence-electron chi connectivity index (χ4n) is 10.6. The van der Waals surface area contributed by atoms with Crippen molar-refractivity contribution in [2.45, 2.75) is 122 Å². The molecule has 16 nitrogen and oxygen atoms in total. The highest BCUT2D eigenvalue weighted by molar-refractivity contribution is 7.98. The van der Waals surface area contributed by atoms with Crippen molar-refractivity contribution in [3.63, 3.8) is 0 Å². The zero-order chi connectivity index (χ0) is 48.9. The minimum atomic E-state index is -0.406. The molecule has 0 aliphatic carbocycles. The summed E-state index contributed by atoms with van der Waals surface area (Å²) in [5.74, 6) is 1.54. The van der Waals surface area contributed by atoms with Crippen LogP contribution in [0.5, 0.6) is 0 Å². The van der Waals surface area contributed by atoms with Gasteiger partial charge in [0.2, 0.25) is 0 Å². The average molecular weight is 985 g/mol. The summed E-state index contributed by atoms with van der Waals surface area (Å²) in [6.07, 6.45) is 10.1. The summed E-state index contributed by atoms with van der Waals surface area (Å²) in [6, 6.07) is 9.18. The SMILES string of the molecule is CC(=O)OCOC1CCCn2c1nc(C)c(CCN1CCC(c3noc4cc(F)ccc34)CC1)c2=O.CSCOC1CCCn2c1nc(C)c(CCN1CCC(c3noc4cc(F)ccc34)CC1)c2=O. The number of benzene rings is 2. The molecule has 4 aliphatic rings. The number of esters is 1. The smallest absolute Gasteiger partial charge is 0.304 e. The number of hydrogen-bond acceptors (Lipinski definition) is 15. The lowest BCUT2D eigenvalue weighted by Crippen LogP contribution is -2.38. The Morgan fingerprint density at radius 3 is 1.59 bits per heavy atom. The van der Waals surface area contributed by atoms with Crippen molar-refractivity contribution in [1.29, 1.82) is 0 Å². The Labute approximate surface area is 409 Å². The van der Waals surface area contributed by atoms with Crippen LogP contribution in [0.4, 0.5) is 8.78 Å². The molecule has 8 heterocycles. The van der Waals surface area contributed by atoms with Crippen molar-refractivity contribution < 1.29 is 36.8 Å². The van der Waals surface area contributed by atoms with E-state index in [-0.39, 0.29) is 47.7 Å². The standard InChI is InChI=1S/C26H31FN4O5.C25H31FN4O3S/c1-16-20(26(33)31-10-3-4-22(25(31)28-16)35-15-34-17(2)32)9-13-30-11-7-18(8-12-30)24-21-6-5-19(27)14-23(21)36-29-24;1-16-19(25(31)30-10-3-4-21(24(30)27-16)32-15-34-2)9-13-29-11-7-17(8-12-29)23-20-6-5-18(26)14-22(20)33-28-23/h5-6,14,18,22H,3-4,7-13,15H2,1-2H3;5-6,14,17,21H,3-4,7-13,15H2,1-2H3. The monoisotopic (exact) mass is 984 g/mol. The molecule has 70 heavy (non-hydrogen) atoms. The van der Waals surface area contributed by atoms with Crippen LogP contribution in [0, 0.1) is 25.5 Å². The maximum absolute atomic E-state index is 13.5. The van der Waals surface area contributed by atoms with Crippen LogP contribution in [0.25, 0.3) is 21.9 Å². The Morgan fingerprint density at radius 1 is 0.686 bits per heavy atom. The molecule has 2 fully saturated rings. The predicted molar refractivity (Wildman–Crippen MR) is 260 cm³/mol. The largest absolute Gasteiger partial charge is 0.439 e. The molecular weight excluding hydrogens is 923 g/mol. The molecule has 2 atom stereocenters. The molecule has 4 aromatic heterocycles. The third kappa shape index (κ3) is 11.1. The lowest BCUT2D eigenvalue weighted by molar-refractivity contribution is -0.160. The number of aryl methyl sites for hydroxylation is 2. The van der Waals surface area contributed by atoms with Crippen LogP contribution in [0.3, 0.4) is 0 Å². The molecule has 2 aromatic carbocycles. The summed E-state index contributed by atoms with van der Waals surface area (Å²) in [7, 11) is 0. The number of halogens is 2. The van der Waals surface area contributed by atoms with Crippen molar-refractivity contribution >= 4 is 39.7 Å². The van der Waals surface area contributed by atoms with Gasteiger partial charge in [0.25, 0.3) is 11.1 Å².